The smallest absolute Gasteiger partial charge is 0.165 e. The number of rotatable bonds is 8. The molecule has 3 aromatic heterocycles. The molecular weight excluding hydrogens is 1270 g/mol. The fourth-order valence-corrected chi connectivity index (χ4v) is 14.2. The molecule has 8 aromatic carbocycles. The Morgan fingerprint density at radius 2 is 0.288 bits per heavy atom. The molecule has 0 radical (unpaired) electrons. The van der Waals surface area contributed by atoms with Gasteiger partial charge >= 0.3 is 0 Å². The van der Waals surface area contributed by atoms with Gasteiger partial charge in [-0.3, -0.25) is 0 Å². The molecule has 8 heteroatoms. The highest BCUT2D eigenvalue weighted by Crippen LogP contribution is 2.48. The van der Waals surface area contributed by atoms with Crippen LogP contribution in [0.25, 0.3) is 89.4 Å². The lowest BCUT2D eigenvalue weighted by Gasteiger charge is -2.20. The SMILES string of the molecule is CC(C)(C)c1ccc(C2=C(c3ccc(C(C)(C)C)cc3)c3nc2nc2[nH]c(nc4nc(nc5[nH]c(n3)c(-c3ccc(C(C)(C)C)cc3)c5-c3ccc(C(C)(C)C)cc3)C(c3ccc(C(C)(C)C)cc3)=C4c3ccc(C(C)(C)C)cc3)c(-c3ccc(C(C)(C)C)cc3)c2-c2ccc(C(C)(C)C)cc2)cc1. The summed E-state index contributed by atoms with van der Waals surface area (Å²) in [5, 5.41) is 0. The first-order chi connectivity index (χ1) is 48.6. The van der Waals surface area contributed by atoms with E-state index >= 15 is 0 Å². The molecule has 0 amide bonds. The Balaban J connectivity index is 1.30. The molecule has 2 N–H and O–H groups in total. The van der Waals surface area contributed by atoms with Crippen molar-refractivity contribution in [3.8, 4) is 44.5 Å². The summed E-state index contributed by atoms with van der Waals surface area (Å²) in [5.74, 6) is 2.02. The van der Waals surface area contributed by atoms with Crippen LogP contribution in [-0.4, -0.2) is 39.9 Å². The molecule has 0 saturated carbocycles. The molecule has 0 unspecified atom stereocenters. The van der Waals surface area contributed by atoms with E-state index in [4.69, 9.17) is 29.9 Å². The predicted molar refractivity (Wildman–Crippen MR) is 439 cm³/mol. The van der Waals surface area contributed by atoms with E-state index in [2.05, 4.69) is 370 Å². The van der Waals surface area contributed by atoms with Gasteiger partial charge in [0.15, 0.2) is 23.3 Å². The second kappa shape index (κ2) is 26.0. The molecular formula is C96H106N8. The monoisotopic (exact) mass is 1370 g/mol. The van der Waals surface area contributed by atoms with Crippen molar-refractivity contribution in [2.45, 2.75) is 209 Å². The molecule has 530 valence electrons. The molecule has 2 aliphatic heterocycles. The van der Waals surface area contributed by atoms with Crippen molar-refractivity contribution in [1.29, 1.82) is 0 Å². The van der Waals surface area contributed by atoms with E-state index < -0.39 is 0 Å². The number of H-pyrrole nitrogens is 2. The second-order valence-electron chi connectivity index (χ2n) is 37.2. The van der Waals surface area contributed by atoms with Crippen molar-refractivity contribution in [2.75, 3.05) is 0 Å². The number of aromatic amines is 2. The molecule has 8 nitrogen and oxygen atoms in total. The van der Waals surface area contributed by atoms with E-state index in [-0.39, 0.29) is 43.3 Å². The Kier molecular flexibility index (Phi) is 18.1. The quantitative estimate of drug-likeness (QED) is 0.157. The highest BCUT2D eigenvalue weighted by atomic mass is 15.1. The topological polar surface area (TPSA) is 109 Å². The van der Waals surface area contributed by atoms with Crippen LogP contribution in [0.3, 0.4) is 0 Å². The maximum Gasteiger partial charge on any atom is 0.165 e. The summed E-state index contributed by atoms with van der Waals surface area (Å²) in [6.45, 7) is 54.4. The van der Waals surface area contributed by atoms with Crippen LogP contribution in [-0.2, 0) is 43.3 Å². The van der Waals surface area contributed by atoms with E-state index in [1.54, 1.807) is 0 Å². The van der Waals surface area contributed by atoms with Gasteiger partial charge in [0.25, 0.3) is 0 Å². The lowest BCUT2D eigenvalue weighted by molar-refractivity contribution is 0.590. The van der Waals surface area contributed by atoms with E-state index in [1.807, 2.05) is 0 Å². The molecule has 0 aliphatic carbocycles. The van der Waals surface area contributed by atoms with Crippen molar-refractivity contribution in [1.82, 2.24) is 39.9 Å². The summed E-state index contributed by atoms with van der Waals surface area (Å²) in [6, 6.07) is 72.2. The zero-order valence-corrected chi connectivity index (χ0v) is 66.2. The largest absolute Gasteiger partial charge is 0.324 e. The number of benzene rings is 8. The van der Waals surface area contributed by atoms with Crippen LogP contribution in [0.15, 0.2) is 194 Å². The van der Waals surface area contributed by atoms with Crippen LogP contribution in [0.1, 0.15) is 256 Å². The number of aromatic nitrogens is 8. The molecule has 0 saturated heterocycles. The number of fused-ring (bicyclic) bond motifs is 8. The summed E-state index contributed by atoms with van der Waals surface area (Å²) in [7, 11) is 0. The van der Waals surface area contributed by atoms with E-state index in [9.17, 15) is 0 Å². The van der Waals surface area contributed by atoms with Gasteiger partial charge in [-0.15, -0.1) is 0 Å². The fraction of sp³-hybridized carbons (Fsp3) is 0.333. The summed E-state index contributed by atoms with van der Waals surface area (Å²) in [6.07, 6.45) is 0. The van der Waals surface area contributed by atoms with Gasteiger partial charge < -0.3 is 9.97 Å². The Morgan fingerprint density at radius 1 is 0.163 bits per heavy atom. The van der Waals surface area contributed by atoms with Crippen molar-refractivity contribution in [3.63, 3.8) is 0 Å². The van der Waals surface area contributed by atoms with Crippen LogP contribution in [0.2, 0.25) is 0 Å². The average molecular weight is 1370 g/mol. The van der Waals surface area contributed by atoms with Crippen molar-refractivity contribution < 1.29 is 0 Å². The normalized spacial score (nSPS) is 13.7. The highest BCUT2D eigenvalue weighted by molar-refractivity contribution is 6.09. The number of hydrogen-bond acceptors (Lipinski definition) is 6. The van der Waals surface area contributed by atoms with Gasteiger partial charge in [0.05, 0.1) is 0 Å². The lowest BCUT2D eigenvalue weighted by atomic mass is 9.84. The first kappa shape index (κ1) is 72.4. The Labute approximate surface area is 619 Å². The Bertz CT molecular complexity index is 4640. The highest BCUT2D eigenvalue weighted by Gasteiger charge is 2.33. The van der Waals surface area contributed by atoms with Gasteiger partial charge in [-0.1, -0.05) is 360 Å². The minimum Gasteiger partial charge on any atom is -0.324 e. The number of hydrogen-bond donors (Lipinski definition) is 2. The first-order valence-corrected chi connectivity index (χ1v) is 37.3. The molecule has 11 aromatic rings. The van der Waals surface area contributed by atoms with Gasteiger partial charge in [-0.25, -0.2) is 29.9 Å². The maximum atomic E-state index is 6.03. The molecule has 8 bridgehead atoms. The van der Waals surface area contributed by atoms with Crippen molar-refractivity contribution in [2.24, 2.45) is 0 Å². The summed E-state index contributed by atoms with van der Waals surface area (Å²) in [5.41, 5.74) is 25.9. The minimum atomic E-state index is -0.109. The maximum absolute atomic E-state index is 6.03. The number of nitrogens with zero attached hydrogens (tertiary/aromatic N) is 6. The van der Waals surface area contributed by atoms with Crippen LogP contribution >= 0.6 is 0 Å². The third kappa shape index (κ3) is 14.4. The van der Waals surface area contributed by atoms with Crippen molar-refractivity contribution >= 4 is 44.9 Å². The van der Waals surface area contributed by atoms with Crippen LogP contribution in [0.5, 0.6) is 0 Å². The molecule has 104 heavy (non-hydrogen) atoms. The predicted octanol–water partition coefficient (Wildman–Crippen LogP) is 25.0. The summed E-state index contributed by atoms with van der Waals surface area (Å²) < 4.78 is 0. The molecule has 2 aliphatic rings. The second-order valence-corrected chi connectivity index (χ2v) is 37.2. The molecule has 0 spiro atoms. The summed E-state index contributed by atoms with van der Waals surface area (Å²) >= 11 is 0. The summed E-state index contributed by atoms with van der Waals surface area (Å²) in [4.78, 5) is 43.9. The van der Waals surface area contributed by atoms with Crippen LogP contribution in [0, 0.1) is 0 Å². The third-order valence-electron chi connectivity index (χ3n) is 20.9. The molecule has 0 fully saturated rings. The average Bonchev–Trinajstić information content (AvgIpc) is 1.58. The molecule has 0 atom stereocenters. The van der Waals surface area contributed by atoms with Gasteiger partial charge in [0.2, 0.25) is 0 Å². The van der Waals surface area contributed by atoms with E-state index in [0.29, 0.717) is 45.9 Å². The van der Waals surface area contributed by atoms with Crippen molar-refractivity contribution in [3.05, 3.63) is 284 Å². The lowest BCUT2D eigenvalue weighted by Crippen LogP contribution is -2.11. The Hall–Kier alpha value is -9.92. The Morgan fingerprint density at radius 3 is 0.413 bits per heavy atom. The van der Waals surface area contributed by atoms with E-state index in [1.165, 1.54) is 44.5 Å². The van der Waals surface area contributed by atoms with Gasteiger partial charge in [0.1, 0.15) is 22.6 Å². The first-order valence-electron chi connectivity index (χ1n) is 37.3. The zero-order valence-electron chi connectivity index (χ0n) is 66.2. The molecule has 13 rings (SSSR count). The van der Waals surface area contributed by atoms with Gasteiger partial charge in [0, 0.05) is 44.5 Å². The van der Waals surface area contributed by atoms with Crippen LogP contribution < -0.4 is 0 Å². The fourth-order valence-electron chi connectivity index (χ4n) is 14.2. The van der Waals surface area contributed by atoms with Crippen LogP contribution in [0.4, 0.5) is 0 Å². The number of nitrogens with one attached hydrogen (secondary N) is 2. The van der Waals surface area contributed by atoms with Gasteiger partial charge in [-0.05, 0) is 132 Å². The minimum absolute atomic E-state index is 0.108. The zero-order chi connectivity index (χ0) is 74.8. The standard InChI is InChI=1S/C96H106N8/c1-89(2,3)65-41-25-57(26-42-65)73-74(58-27-43-66(44-28-58)90(4,5)6)82-97-81(73)101-83-75(59-29-45-67(46-30-59)91(7,8)9)76(60-31-47-68(48-32-60)92(10,11)12)85(98-83)103-87-79(63-37-53-71(54-38-63)95(19,20)21)80(64-39-55-72(56-40-64)96(22,23)24)88(100-87)104-86-78(62-35-51-70(52-36-62)94(16,17)18)77(84(99-86)102-82)61-33-49-69(50-34-61)93(13,14)15/h25-56H,1-24H3,(H2,97,98,99,100,101,102,103,104). The molecule has 5 heterocycles. The van der Waals surface area contributed by atoms with Gasteiger partial charge in [-0.2, -0.15) is 0 Å². The van der Waals surface area contributed by atoms with E-state index in [0.717, 1.165) is 89.1 Å². The third-order valence-corrected chi connectivity index (χ3v) is 20.9.